The molecule has 4 rings (SSSR count). The first-order chi connectivity index (χ1) is 11.6. The lowest BCUT2D eigenvalue weighted by atomic mass is 10.1. The Morgan fingerprint density at radius 1 is 1.17 bits per heavy atom. The molecule has 0 radical (unpaired) electrons. The Bertz CT molecular complexity index is 893. The molecule has 0 fully saturated rings. The number of nitrogens with zero attached hydrogens (tertiary/aromatic N) is 3. The third-order valence-corrected chi connectivity index (χ3v) is 5.33. The van der Waals surface area contributed by atoms with Crippen LogP contribution in [0.2, 0.25) is 5.02 Å². The van der Waals surface area contributed by atoms with E-state index in [1.165, 1.54) is 11.8 Å². The minimum absolute atomic E-state index is 0.0371. The number of thioether (sulfide) groups is 1. The van der Waals surface area contributed by atoms with Gasteiger partial charge in [-0.05, 0) is 30.7 Å². The standard InChI is InChI=1S/C18H14ClN3OS/c1-11-17(23)22-16(20-11)13-7-3-5-9-15(13)21-18(22)24-10-12-6-2-4-8-14(12)19/h2-9,11H,10H2,1H3. The maximum absolute atomic E-state index is 12.5. The second-order valence-corrected chi connectivity index (χ2v) is 6.94. The predicted octanol–water partition coefficient (Wildman–Crippen LogP) is 4.25. The molecule has 2 aliphatic rings. The SMILES string of the molecule is CC1N=C2c3ccccc3N=C(SCc3ccccc3Cl)N2C1=O. The number of fused-ring (bicyclic) bond motifs is 3. The van der Waals surface area contributed by atoms with Crippen molar-refractivity contribution >= 4 is 46.0 Å². The van der Waals surface area contributed by atoms with E-state index in [4.69, 9.17) is 11.6 Å². The van der Waals surface area contributed by atoms with Crippen molar-refractivity contribution in [1.29, 1.82) is 0 Å². The van der Waals surface area contributed by atoms with E-state index in [0.717, 1.165) is 21.8 Å². The summed E-state index contributed by atoms with van der Waals surface area (Å²) in [5, 5.41) is 1.37. The van der Waals surface area contributed by atoms with Gasteiger partial charge in [0.05, 0.1) is 5.69 Å². The predicted molar refractivity (Wildman–Crippen MR) is 99.1 cm³/mol. The molecule has 2 heterocycles. The van der Waals surface area contributed by atoms with Gasteiger partial charge in [0, 0.05) is 16.3 Å². The maximum Gasteiger partial charge on any atom is 0.258 e. The first-order valence-electron chi connectivity index (χ1n) is 7.61. The zero-order valence-electron chi connectivity index (χ0n) is 12.9. The number of amidine groups is 2. The number of halogens is 1. The van der Waals surface area contributed by atoms with Gasteiger partial charge in [0.2, 0.25) is 0 Å². The van der Waals surface area contributed by atoms with Gasteiger partial charge in [0.1, 0.15) is 11.9 Å². The Hall–Kier alpha value is -2.11. The van der Waals surface area contributed by atoms with Crippen molar-refractivity contribution in [3.05, 3.63) is 64.7 Å². The van der Waals surface area contributed by atoms with Gasteiger partial charge in [0.25, 0.3) is 5.91 Å². The lowest BCUT2D eigenvalue weighted by molar-refractivity contribution is -0.124. The highest BCUT2D eigenvalue weighted by atomic mass is 35.5. The quantitative estimate of drug-likeness (QED) is 0.808. The molecule has 2 aromatic rings. The summed E-state index contributed by atoms with van der Waals surface area (Å²) >= 11 is 7.73. The van der Waals surface area contributed by atoms with Crippen LogP contribution in [0.5, 0.6) is 0 Å². The summed E-state index contributed by atoms with van der Waals surface area (Å²) in [7, 11) is 0. The number of rotatable bonds is 2. The van der Waals surface area contributed by atoms with Crippen LogP contribution in [0.25, 0.3) is 0 Å². The molecule has 0 spiro atoms. The first-order valence-corrected chi connectivity index (χ1v) is 8.97. The molecule has 0 saturated heterocycles. The average molecular weight is 356 g/mol. The molecule has 6 heteroatoms. The van der Waals surface area contributed by atoms with E-state index in [-0.39, 0.29) is 11.9 Å². The van der Waals surface area contributed by atoms with E-state index in [0.29, 0.717) is 16.8 Å². The van der Waals surface area contributed by atoms with E-state index < -0.39 is 0 Å². The summed E-state index contributed by atoms with van der Waals surface area (Å²) < 4.78 is 0. The van der Waals surface area contributed by atoms with Crippen LogP contribution in [0.1, 0.15) is 18.1 Å². The van der Waals surface area contributed by atoms with Crippen molar-refractivity contribution in [3.63, 3.8) is 0 Å². The highest BCUT2D eigenvalue weighted by Crippen LogP contribution is 2.34. The summed E-state index contributed by atoms with van der Waals surface area (Å²) in [5.41, 5.74) is 2.76. The topological polar surface area (TPSA) is 45.0 Å². The van der Waals surface area contributed by atoms with Crippen LogP contribution in [0.15, 0.2) is 58.5 Å². The van der Waals surface area contributed by atoms with Crippen LogP contribution in [0.3, 0.4) is 0 Å². The van der Waals surface area contributed by atoms with Gasteiger partial charge >= 0.3 is 0 Å². The fourth-order valence-electron chi connectivity index (χ4n) is 2.73. The summed E-state index contributed by atoms with van der Waals surface area (Å²) in [5.74, 6) is 1.30. The minimum atomic E-state index is -0.378. The van der Waals surface area contributed by atoms with Crippen molar-refractivity contribution in [2.75, 3.05) is 0 Å². The highest BCUT2D eigenvalue weighted by Gasteiger charge is 2.39. The Kier molecular flexibility index (Phi) is 3.90. The molecule has 0 saturated carbocycles. The lowest BCUT2D eigenvalue weighted by Gasteiger charge is -2.25. The summed E-state index contributed by atoms with van der Waals surface area (Å²) in [4.78, 5) is 23.4. The van der Waals surface area contributed by atoms with Gasteiger partial charge in [-0.25, -0.2) is 9.89 Å². The Labute approximate surface area is 149 Å². The fourth-order valence-corrected chi connectivity index (χ4v) is 4.02. The third-order valence-electron chi connectivity index (χ3n) is 3.97. The van der Waals surface area contributed by atoms with E-state index >= 15 is 0 Å². The Morgan fingerprint density at radius 2 is 1.92 bits per heavy atom. The monoisotopic (exact) mass is 355 g/mol. The number of benzene rings is 2. The Morgan fingerprint density at radius 3 is 2.75 bits per heavy atom. The molecule has 0 aromatic heterocycles. The number of aliphatic imine (C=N–C) groups is 2. The van der Waals surface area contributed by atoms with Gasteiger partial charge in [0.15, 0.2) is 5.17 Å². The van der Waals surface area contributed by atoms with Gasteiger partial charge in [-0.15, -0.1) is 0 Å². The van der Waals surface area contributed by atoms with Crippen LogP contribution in [0.4, 0.5) is 5.69 Å². The molecule has 1 atom stereocenters. The van der Waals surface area contributed by atoms with Crippen molar-refractivity contribution in [1.82, 2.24) is 4.90 Å². The van der Waals surface area contributed by atoms with E-state index in [1.807, 2.05) is 55.5 Å². The molecule has 0 bridgehead atoms. The van der Waals surface area contributed by atoms with Crippen LogP contribution in [-0.2, 0) is 10.5 Å². The molecule has 4 nitrogen and oxygen atoms in total. The number of amides is 1. The summed E-state index contributed by atoms with van der Waals surface area (Å²) in [6.07, 6.45) is 0. The number of para-hydroxylation sites is 1. The second kappa shape index (κ2) is 6.07. The molecule has 1 amide bonds. The fraction of sp³-hybridized carbons (Fsp3) is 0.167. The van der Waals surface area contributed by atoms with Crippen LogP contribution < -0.4 is 0 Å². The molecule has 24 heavy (non-hydrogen) atoms. The average Bonchev–Trinajstić information content (AvgIpc) is 2.90. The maximum atomic E-state index is 12.5. The zero-order valence-corrected chi connectivity index (χ0v) is 14.5. The second-order valence-electron chi connectivity index (χ2n) is 5.59. The van der Waals surface area contributed by atoms with Crippen molar-refractivity contribution < 1.29 is 4.79 Å². The molecule has 1 unspecified atom stereocenters. The van der Waals surface area contributed by atoms with Crippen molar-refractivity contribution in [2.24, 2.45) is 9.98 Å². The number of carbonyl (C=O) groups excluding carboxylic acids is 1. The molecular formula is C18H14ClN3OS. The van der Waals surface area contributed by atoms with Crippen LogP contribution >= 0.6 is 23.4 Å². The summed E-state index contributed by atoms with van der Waals surface area (Å²) in [6.45, 7) is 1.81. The van der Waals surface area contributed by atoms with Crippen molar-refractivity contribution in [3.8, 4) is 0 Å². The Balaban J connectivity index is 1.70. The lowest BCUT2D eigenvalue weighted by Crippen LogP contribution is -2.40. The normalized spacial score (nSPS) is 18.8. The zero-order chi connectivity index (χ0) is 16.7. The number of carbonyl (C=O) groups is 1. The molecular weight excluding hydrogens is 342 g/mol. The third kappa shape index (κ3) is 2.54. The van der Waals surface area contributed by atoms with Crippen molar-refractivity contribution in [2.45, 2.75) is 18.7 Å². The number of hydrogen-bond donors (Lipinski definition) is 0. The minimum Gasteiger partial charge on any atom is -0.272 e. The molecule has 0 N–H and O–H groups in total. The molecule has 2 aliphatic heterocycles. The van der Waals surface area contributed by atoms with E-state index in [2.05, 4.69) is 9.98 Å². The number of hydrogen-bond acceptors (Lipinski definition) is 4. The molecule has 2 aromatic carbocycles. The van der Waals surface area contributed by atoms with Gasteiger partial charge in [-0.3, -0.25) is 9.79 Å². The van der Waals surface area contributed by atoms with Gasteiger partial charge in [-0.2, -0.15) is 0 Å². The van der Waals surface area contributed by atoms with E-state index in [1.54, 1.807) is 4.90 Å². The smallest absolute Gasteiger partial charge is 0.258 e. The van der Waals surface area contributed by atoms with Crippen LogP contribution in [0, 0.1) is 0 Å². The van der Waals surface area contributed by atoms with Gasteiger partial charge < -0.3 is 0 Å². The summed E-state index contributed by atoms with van der Waals surface area (Å²) in [6, 6.07) is 15.1. The largest absolute Gasteiger partial charge is 0.272 e. The van der Waals surface area contributed by atoms with Crippen LogP contribution in [-0.4, -0.2) is 27.9 Å². The molecule has 0 aliphatic carbocycles. The van der Waals surface area contributed by atoms with Gasteiger partial charge in [-0.1, -0.05) is 53.7 Å². The highest BCUT2D eigenvalue weighted by molar-refractivity contribution is 8.13. The van der Waals surface area contributed by atoms with E-state index in [9.17, 15) is 4.79 Å². The first kappa shape index (κ1) is 15.4. The molecule has 120 valence electrons.